The molecule has 0 atom stereocenters. The van der Waals surface area contributed by atoms with Crippen molar-refractivity contribution >= 4 is 23.2 Å². The van der Waals surface area contributed by atoms with Crippen molar-refractivity contribution in [3.05, 3.63) is 57.5 Å². The molecule has 0 bridgehead atoms. The molecule has 2 aromatic rings. The molecule has 7 heteroatoms. The van der Waals surface area contributed by atoms with Crippen molar-refractivity contribution in [2.75, 3.05) is 24.4 Å². The van der Waals surface area contributed by atoms with Gasteiger partial charge in [-0.3, -0.25) is 14.4 Å². The van der Waals surface area contributed by atoms with Crippen molar-refractivity contribution in [3.8, 4) is 0 Å². The average Bonchev–Trinajstić information content (AvgIpc) is 2.58. The van der Waals surface area contributed by atoms with E-state index in [1.165, 1.54) is 13.2 Å². The van der Waals surface area contributed by atoms with Crippen LogP contribution >= 0.6 is 0 Å². The topological polar surface area (TPSA) is 89.4 Å². The Morgan fingerprint density at radius 3 is 2.46 bits per heavy atom. The highest BCUT2D eigenvalue weighted by molar-refractivity contribution is 6.04. The number of amides is 2. The van der Waals surface area contributed by atoms with Crippen molar-refractivity contribution in [1.82, 2.24) is 4.57 Å². The monoisotopic (exact) mass is 357 g/mol. The molecule has 0 unspecified atom stereocenters. The normalized spacial score (nSPS) is 10.5. The Balaban J connectivity index is 2.19. The van der Waals surface area contributed by atoms with Gasteiger partial charge in [0.2, 0.25) is 5.91 Å². The Morgan fingerprint density at radius 1 is 1.12 bits per heavy atom. The summed E-state index contributed by atoms with van der Waals surface area (Å²) in [6.45, 7) is 5.96. The van der Waals surface area contributed by atoms with Gasteiger partial charge >= 0.3 is 0 Å². The van der Waals surface area contributed by atoms with Crippen LogP contribution in [-0.2, 0) is 16.1 Å². The molecule has 0 fully saturated rings. The Morgan fingerprint density at radius 2 is 1.85 bits per heavy atom. The second kappa shape index (κ2) is 8.44. The SMILES string of the molecule is CCn1c(C)ccc(C(=O)Nc2ccc(NC(=O)COC)c(C)c2)c1=O. The summed E-state index contributed by atoms with van der Waals surface area (Å²) in [6, 6.07) is 8.37. The number of hydrogen-bond donors (Lipinski definition) is 2. The predicted molar refractivity (Wildman–Crippen MR) is 101 cm³/mol. The average molecular weight is 357 g/mol. The lowest BCUT2D eigenvalue weighted by Crippen LogP contribution is -2.29. The number of benzene rings is 1. The molecule has 1 heterocycles. The van der Waals surface area contributed by atoms with Crippen LogP contribution in [0, 0.1) is 13.8 Å². The summed E-state index contributed by atoms with van der Waals surface area (Å²) in [5.74, 6) is -0.722. The summed E-state index contributed by atoms with van der Waals surface area (Å²) >= 11 is 0. The van der Waals surface area contributed by atoms with Crippen LogP contribution < -0.4 is 16.2 Å². The van der Waals surface area contributed by atoms with Crippen LogP contribution in [0.2, 0.25) is 0 Å². The third-order valence-electron chi connectivity index (χ3n) is 3.99. The zero-order valence-corrected chi connectivity index (χ0v) is 15.4. The van der Waals surface area contributed by atoms with Crippen LogP contribution in [-0.4, -0.2) is 30.1 Å². The summed E-state index contributed by atoms with van der Waals surface area (Å²) in [6.07, 6.45) is 0. The zero-order valence-electron chi connectivity index (χ0n) is 15.4. The Hall–Kier alpha value is -2.93. The van der Waals surface area contributed by atoms with Gasteiger partial charge in [0.1, 0.15) is 12.2 Å². The highest BCUT2D eigenvalue weighted by Gasteiger charge is 2.14. The maximum Gasteiger partial charge on any atom is 0.263 e. The van der Waals surface area contributed by atoms with E-state index in [2.05, 4.69) is 10.6 Å². The summed E-state index contributed by atoms with van der Waals surface area (Å²) in [7, 11) is 1.45. The molecule has 0 saturated carbocycles. The predicted octanol–water partition coefficient (Wildman–Crippen LogP) is 2.32. The number of hydrogen-bond acceptors (Lipinski definition) is 4. The van der Waals surface area contributed by atoms with E-state index in [0.717, 1.165) is 11.3 Å². The molecule has 0 aliphatic heterocycles. The van der Waals surface area contributed by atoms with Gasteiger partial charge in [0, 0.05) is 30.7 Å². The quantitative estimate of drug-likeness (QED) is 0.830. The second-order valence-electron chi connectivity index (χ2n) is 5.90. The number of nitrogens with one attached hydrogen (secondary N) is 2. The minimum Gasteiger partial charge on any atom is -0.375 e. The number of methoxy groups -OCH3 is 1. The van der Waals surface area contributed by atoms with Crippen molar-refractivity contribution < 1.29 is 14.3 Å². The molecule has 0 radical (unpaired) electrons. The fourth-order valence-corrected chi connectivity index (χ4v) is 2.63. The molecular weight excluding hydrogens is 334 g/mol. The first-order valence-corrected chi connectivity index (χ1v) is 8.28. The van der Waals surface area contributed by atoms with Gasteiger partial charge in [-0.05, 0) is 56.7 Å². The summed E-state index contributed by atoms with van der Waals surface area (Å²) < 4.78 is 6.33. The first kappa shape index (κ1) is 19.4. The van der Waals surface area contributed by atoms with Gasteiger partial charge in [-0.15, -0.1) is 0 Å². The summed E-state index contributed by atoms with van der Waals surface area (Å²) in [5.41, 5.74) is 2.54. The number of aromatic nitrogens is 1. The fraction of sp³-hybridized carbons (Fsp3) is 0.316. The molecule has 2 amide bonds. The smallest absolute Gasteiger partial charge is 0.263 e. The molecule has 2 N–H and O–H groups in total. The van der Waals surface area contributed by atoms with Gasteiger partial charge in [0.15, 0.2) is 0 Å². The first-order chi connectivity index (χ1) is 12.4. The van der Waals surface area contributed by atoms with Crippen molar-refractivity contribution in [1.29, 1.82) is 0 Å². The van der Waals surface area contributed by atoms with Gasteiger partial charge in [0.25, 0.3) is 11.5 Å². The van der Waals surface area contributed by atoms with Gasteiger partial charge < -0.3 is 19.9 Å². The number of carbonyl (C=O) groups is 2. The van der Waals surface area contributed by atoms with Gasteiger partial charge in [-0.25, -0.2) is 0 Å². The lowest BCUT2D eigenvalue weighted by atomic mass is 10.1. The van der Waals surface area contributed by atoms with E-state index in [9.17, 15) is 14.4 Å². The molecule has 0 aliphatic carbocycles. The molecular formula is C19H23N3O4. The van der Waals surface area contributed by atoms with Crippen molar-refractivity contribution in [3.63, 3.8) is 0 Å². The standard InChI is InChI=1S/C19H23N3O4/c1-5-22-13(3)6-8-15(19(22)25)18(24)20-14-7-9-16(12(2)10-14)21-17(23)11-26-4/h6-10H,5,11H2,1-4H3,(H,20,24)(H,21,23). The molecule has 1 aromatic heterocycles. The molecule has 0 spiro atoms. The van der Waals surface area contributed by atoms with E-state index in [-0.39, 0.29) is 23.6 Å². The van der Waals surface area contributed by atoms with Crippen LogP contribution in [0.5, 0.6) is 0 Å². The van der Waals surface area contributed by atoms with Crippen LogP contribution in [0.1, 0.15) is 28.5 Å². The summed E-state index contributed by atoms with van der Waals surface area (Å²) in [4.78, 5) is 36.5. The van der Waals surface area contributed by atoms with Crippen LogP contribution in [0.15, 0.2) is 35.1 Å². The van der Waals surface area contributed by atoms with Gasteiger partial charge in [-0.1, -0.05) is 0 Å². The minimum atomic E-state index is -0.465. The highest BCUT2D eigenvalue weighted by atomic mass is 16.5. The number of carbonyl (C=O) groups excluding carboxylic acids is 2. The number of aryl methyl sites for hydroxylation is 2. The zero-order chi connectivity index (χ0) is 19.3. The van der Waals surface area contributed by atoms with E-state index >= 15 is 0 Å². The third-order valence-corrected chi connectivity index (χ3v) is 3.99. The number of rotatable bonds is 6. The third kappa shape index (κ3) is 4.37. The largest absolute Gasteiger partial charge is 0.375 e. The molecule has 0 aliphatic rings. The lowest BCUT2D eigenvalue weighted by molar-refractivity contribution is -0.119. The maximum absolute atomic E-state index is 12.5. The fourth-order valence-electron chi connectivity index (χ4n) is 2.63. The molecule has 26 heavy (non-hydrogen) atoms. The number of pyridine rings is 1. The van der Waals surface area contributed by atoms with Gasteiger partial charge in [0.05, 0.1) is 0 Å². The molecule has 1 aromatic carbocycles. The highest BCUT2D eigenvalue weighted by Crippen LogP contribution is 2.20. The molecule has 7 nitrogen and oxygen atoms in total. The van der Waals surface area contributed by atoms with E-state index < -0.39 is 5.91 Å². The number of nitrogens with zero attached hydrogens (tertiary/aromatic N) is 1. The molecule has 0 saturated heterocycles. The van der Waals surface area contributed by atoms with E-state index in [1.54, 1.807) is 28.8 Å². The Bertz CT molecular complexity index is 887. The first-order valence-electron chi connectivity index (χ1n) is 8.28. The van der Waals surface area contributed by atoms with Gasteiger partial charge in [-0.2, -0.15) is 0 Å². The lowest BCUT2D eigenvalue weighted by Gasteiger charge is -2.12. The number of anilines is 2. The van der Waals surface area contributed by atoms with Crippen molar-refractivity contribution in [2.45, 2.75) is 27.3 Å². The van der Waals surface area contributed by atoms with Crippen LogP contribution in [0.3, 0.4) is 0 Å². The summed E-state index contributed by atoms with van der Waals surface area (Å²) in [5, 5.41) is 5.45. The second-order valence-corrected chi connectivity index (χ2v) is 5.90. The van der Waals surface area contributed by atoms with Crippen LogP contribution in [0.25, 0.3) is 0 Å². The van der Waals surface area contributed by atoms with E-state index in [4.69, 9.17) is 4.74 Å². The van der Waals surface area contributed by atoms with Crippen LogP contribution in [0.4, 0.5) is 11.4 Å². The van der Waals surface area contributed by atoms with E-state index in [1.807, 2.05) is 20.8 Å². The Labute approximate surface area is 152 Å². The van der Waals surface area contributed by atoms with Crippen molar-refractivity contribution in [2.24, 2.45) is 0 Å². The maximum atomic E-state index is 12.5. The Kier molecular flexibility index (Phi) is 6.30. The minimum absolute atomic E-state index is 0.0327. The van der Waals surface area contributed by atoms with E-state index in [0.29, 0.717) is 17.9 Å². The molecule has 138 valence electrons. The molecule has 2 rings (SSSR count). The number of ether oxygens (including phenoxy) is 1.